The first-order valence-electron chi connectivity index (χ1n) is 6.94. The highest BCUT2D eigenvalue weighted by molar-refractivity contribution is 5.89. The fraction of sp³-hybridized carbons (Fsp3) is 0.625. The summed E-state index contributed by atoms with van der Waals surface area (Å²) < 4.78 is 9.67. The maximum Gasteiger partial charge on any atom is 0.333 e. The Hall–Kier alpha value is -1.58. The minimum absolute atomic E-state index is 0.0221. The van der Waals surface area contributed by atoms with Crippen LogP contribution < -0.4 is 0 Å². The molecule has 0 amide bonds. The summed E-state index contributed by atoms with van der Waals surface area (Å²) in [6.45, 7) is 6.32. The van der Waals surface area contributed by atoms with Crippen molar-refractivity contribution in [3.63, 3.8) is 0 Å². The molecule has 2 aliphatic carbocycles. The molecule has 1 fully saturated rings. The number of fused-ring (bicyclic) bond motifs is 1. The summed E-state index contributed by atoms with van der Waals surface area (Å²) in [6, 6.07) is 0. The zero-order chi connectivity index (χ0) is 14.9. The predicted octanol–water partition coefficient (Wildman–Crippen LogP) is 2.64. The highest BCUT2D eigenvalue weighted by atomic mass is 16.5. The molecule has 1 unspecified atom stereocenters. The molecular weight excluding hydrogens is 256 g/mol. The van der Waals surface area contributed by atoms with Gasteiger partial charge in [0.2, 0.25) is 0 Å². The summed E-state index contributed by atoms with van der Waals surface area (Å²) in [6.07, 6.45) is 4.82. The van der Waals surface area contributed by atoms with E-state index in [2.05, 4.69) is 13.5 Å². The number of carbonyl (C=O) groups is 2. The molecule has 0 saturated heterocycles. The number of hydrogen-bond donors (Lipinski definition) is 0. The Morgan fingerprint density at radius 3 is 2.65 bits per heavy atom. The minimum Gasteiger partial charge on any atom is -0.469 e. The SMILES string of the molecule is C=C1CC(C(=O)OC)=CC[C@]2(C)CC(C(=O)OC)C[C@H]12. The molecule has 0 aromatic carbocycles. The second-order valence-corrected chi connectivity index (χ2v) is 6.13. The zero-order valence-electron chi connectivity index (χ0n) is 12.4. The second kappa shape index (κ2) is 5.43. The Bertz CT molecular complexity index is 477. The summed E-state index contributed by atoms with van der Waals surface area (Å²) in [5, 5.41) is 0. The second-order valence-electron chi connectivity index (χ2n) is 6.13. The molecule has 20 heavy (non-hydrogen) atoms. The summed E-state index contributed by atoms with van der Waals surface area (Å²) >= 11 is 0. The lowest BCUT2D eigenvalue weighted by Crippen LogP contribution is -2.21. The van der Waals surface area contributed by atoms with Crippen molar-refractivity contribution in [1.82, 2.24) is 0 Å². The average Bonchev–Trinajstić information content (AvgIpc) is 2.74. The quantitative estimate of drug-likeness (QED) is 0.575. The van der Waals surface area contributed by atoms with E-state index < -0.39 is 0 Å². The minimum atomic E-state index is -0.278. The lowest BCUT2D eigenvalue weighted by molar-refractivity contribution is -0.145. The molecule has 0 radical (unpaired) electrons. The molecule has 0 spiro atoms. The van der Waals surface area contributed by atoms with Crippen LogP contribution in [0.2, 0.25) is 0 Å². The molecule has 0 heterocycles. The van der Waals surface area contributed by atoms with Gasteiger partial charge in [0.15, 0.2) is 0 Å². The third-order valence-corrected chi connectivity index (χ3v) is 4.78. The normalized spacial score (nSPS) is 33.0. The van der Waals surface area contributed by atoms with Crippen LogP contribution in [0.1, 0.15) is 32.6 Å². The molecule has 0 aliphatic heterocycles. The number of hydrogen-bond acceptors (Lipinski definition) is 4. The van der Waals surface area contributed by atoms with Gasteiger partial charge in [0.05, 0.1) is 20.1 Å². The van der Waals surface area contributed by atoms with E-state index in [1.54, 1.807) is 0 Å². The Labute approximate surface area is 119 Å². The fourth-order valence-electron chi connectivity index (χ4n) is 3.67. The maximum atomic E-state index is 11.8. The molecular formula is C16H22O4. The van der Waals surface area contributed by atoms with Crippen molar-refractivity contribution in [2.45, 2.75) is 32.6 Å². The van der Waals surface area contributed by atoms with Crippen LogP contribution in [0.3, 0.4) is 0 Å². The van der Waals surface area contributed by atoms with Gasteiger partial charge in [-0.3, -0.25) is 4.79 Å². The van der Waals surface area contributed by atoms with Gasteiger partial charge >= 0.3 is 11.9 Å². The van der Waals surface area contributed by atoms with Crippen LogP contribution in [0, 0.1) is 17.3 Å². The van der Waals surface area contributed by atoms with E-state index in [4.69, 9.17) is 9.47 Å². The van der Waals surface area contributed by atoms with Gasteiger partial charge in [0, 0.05) is 12.0 Å². The molecule has 0 N–H and O–H groups in total. The first-order valence-corrected chi connectivity index (χ1v) is 6.94. The largest absolute Gasteiger partial charge is 0.469 e. The van der Waals surface area contributed by atoms with Crippen LogP contribution in [-0.2, 0) is 19.1 Å². The van der Waals surface area contributed by atoms with Gasteiger partial charge in [-0.2, -0.15) is 0 Å². The van der Waals surface area contributed by atoms with Crippen molar-refractivity contribution in [2.75, 3.05) is 14.2 Å². The molecule has 2 aliphatic rings. The van der Waals surface area contributed by atoms with Crippen LogP contribution in [0.25, 0.3) is 0 Å². The predicted molar refractivity (Wildman–Crippen MR) is 74.8 cm³/mol. The monoisotopic (exact) mass is 278 g/mol. The van der Waals surface area contributed by atoms with Crippen molar-refractivity contribution in [1.29, 1.82) is 0 Å². The molecule has 110 valence electrons. The molecule has 4 heteroatoms. The highest BCUT2D eigenvalue weighted by Crippen LogP contribution is 2.54. The summed E-state index contributed by atoms with van der Waals surface area (Å²) in [7, 11) is 2.83. The molecule has 2 rings (SSSR count). The van der Waals surface area contributed by atoms with E-state index >= 15 is 0 Å². The maximum absolute atomic E-state index is 11.8. The number of ether oxygens (including phenoxy) is 2. The van der Waals surface area contributed by atoms with Crippen molar-refractivity contribution < 1.29 is 19.1 Å². The van der Waals surface area contributed by atoms with Gasteiger partial charge in [0.25, 0.3) is 0 Å². The summed E-state index contributed by atoms with van der Waals surface area (Å²) in [5.41, 5.74) is 1.68. The van der Waals surface area contributed by atoms with Gasteiger partial charge in [-0.15, -0.1) is 0 Å². The number of methoxy groups -OCH3 is 2. The molecule has 0 bridgehead atoms. The summed E-state index contributed by atoms with van der Waals surface area (Å²) in [4.78, 5) is 23.5. The van der Waals surface area contributed by atoms with Crippen LogP contribution in [-0.4, -0.2) is 26.2 Å². The van der Waals surface area contributed by atoms with Gasteiger partial charge in [-0.1, -0.05) is 25.2 Å². The van der Waals surface area contributed by atoms with Gasteiger partial charge in [-0.05, 0) is 30.6 Å². The first-order chi connectivity index (χ1) is 9.41. The smallest absolute Gasteiger partial charge is 0.333 e. The molecule has 4 nitrogen and oxygen atoms in total. The topological polar surface area (TPSA) is 52.6 Å². The lowest BCUT2D eigenvalue weighted by Gasteiger charge is -2.30. The third-order valence-electron chi connectivity index (χ3n) is 4.78. The number of rotatable bonds is 2. The van der Waals surface area contributed by atoms with E-state index in [1.165, 1.54) is 14.2 Å². The van der Waals surface area contributed by atoms with Crippen molar-refractivity contribution in [2.24, 2.45) is 17.3 Å². The Balaban J connectivity index is 2.23. The van der Waals surface area contributed by atoms with Crippen LogP contribution >= 0.6 is 0 Å². The first kappa shape index (κ1) is 14.8. The van der Waals surface area contributed by atoms with Crippen molar-refractivity contribution in [3.8, 4) is 0 Å². The molecule has 1 saturated carbocycles. The Kier molecular flexibility index (Phi) is 4.02. The van der Waals surface area contributed by atoms with Crippen molar-refractivity contribution in [3.05, 3.63) is 23.8 Å². The average molecular weight is 278 g/mol. The number of allylic oxidation sites excluding steroid dienone is 2. The third kappa shape index (κ3) is 2.51. The van der Waals surface area contributed by atoms with E-state index in [0.717, 1.165) is 24.8 Å². The lowest BCUT2D eigenvalue weighted by atomic mass is 9.74. The zero-order valence-corrected chi connectivity index (χ0v) is 12.4. The van der Waals surface area contributed by atoms with Gasteiger partial charge in [0.1, 0.15) is 0 Å². The van der Waals surface area contributed by atoms with Gasteiger partial charge in [-0.25, -0.2) is 4.79 Å². The Morgan fingerprint density at radius 1 is 1.35 bits per heavy atom. The molecule has 0 aromatic heterocycles. The van der Waals surface area contributed by atoms with Crippen LogP contribution in [0.5, 0.6) is 0 Å². The number of esters is 2. The Morgan fingerprint density at radius 2 is 2.05 bits per heavy atom. The van der Waals surface area contributed by atoms with Gasteiger partial charge < -0.3 is 9.47 Å². The highest BCUT2D eigenvalue weighted by Gasteiger charge is 2.48. The fourth-order valence-corrected chi connectivity index (χ4v) is 3.67. The van der Waals surface area contributed by atoms with Crippen LogP contribution in [0.4, 0.5) is 0 Å². The van der Waals surface area contributed by atoms with Crippen LogP contribution in [0.15, 0.2) is 23.8 Å². The summed E-state index contributed by atoms with van der Waals surface area (Å²) in [5.74, 6) is -0.214. The van der Waals surface area contributed by atoms with Crippen molar-refractivity contribution >= 4 is 11.9 Å². The van der Waals surface area contributed by atoms with E-state index in [1.807, 2.05) is 6.08 Å². The standard InChI is InChI=1S/C16H22O4/c1-10-7-11(14(17)19-3)5-6-16(2)9-12(8-13(10)16)15(18)20-4/h5,12-13H,1,6-9H2,2-4H3/t12?,13-,16-/m1/s1. The van der Waals surface area contributed by atoms with E-state index in [9.17, 15) is 9.59 Å². The molecule has 3 atom stereocenters. The van der Waals surface area contributed by atoms with E-state index in [0.29, 0.717) is 12.0 Å². The molecule has 0 aromatic rings. The van der Waals surface area contributed by atoms with E-state index in [-0.39, 0.29) is 29.2 Å². The number of carbonyl (C=O) groups excluding carboxylic acids is 2.